The highest BCUT2D eigenvalue weighted by molar-refractivity contribution is 6.26. The lowest BCUT2D eigenvalue weighted by molar-refractivity contribution is 1.01. The Labute approximate surface area is 146 Å². The van der Waals surface area contributed by atoms with Gasteiger partial charge >= 0.3 is 0 Å². The third-order valence-corrected chi connectivity index (χ3v) is 4.13. The summed E-state index contributed by atoms with van der Waals surface area (Å²) < 4.78 is 0. The normalized spacial score (nSPS) is 15.9. The van der Waals surface area contributed by atoms with Gasteiger partial charge in [0.15, 0.2) is 5.62 Å². The van der Waals surface area contributed by atoms with E-state index in [1.165, 1.54) is 0 Å². The van der Waals surface area contributed by atoms with E-state index in [0.717, 1.165) is 28.5 Å². The second kappa shape index (κ2) is 6.38. The van der Waals surface area contributed by atoms with Gasteiger partial charge in [0.05, 0.1) is 0 Å². The van der Waals surface area contributed by atoms with E-state index >= 15 is 0 Å². The smallest absolute Gasteiger partial charge is 0.197 e. The van der Waals surface area contributed by atoms with Crippen molar-refractivity contribution in [3.63, 3.8) is 0 Å². The van der Waals surface area contributed by atoms with Crippen molar-refractivity contribution in [2.45, 2.75) is 5.62 Å². The molecule has 1 aliphatic heterocycles. The van der Waals surface area contributed by atoms with Gasteiger partial charge in [-0.1, -0.05) is 60.1 Å². The first-order valence-electron chi connectivity index (χ1n) is 7.81. The van der Waals surface area contributed by atoms with Crippen LogP contribution in [-0.2, 0) is 0 Å². The van der Waals surface area contributed by atoms with Gasteiger partial charge in [-0.25, -0.2) is 4.99 Å². The highest BCUT2D eigenvalue weighted by atomic mass is 35.5. The fourth-order valence-corrected chi connectivity index (χ4v) is 3.08. The van der Waals surface area contributed by atoms with Crippen LogP contribution in [0.5, 0.6) is 0 Å². The average molecular weight is 334 g/mol. The van der Waals surface area contributed by atoms with E-state index in [2.05, 4.69) is 45.5 Å². The van der Waals surface area contributed by atoms with E-state index < -0.39 is 5.62 Å². The average Bonchev–Trinajstić information content (AvgIpc) is 2.63. The summed E-state index contributed by atoms with van der Waals surface area (Å²) in [5.41, 5.74) is 3.61. The van der Waals surface area contributed by atoms with Crippen molar-refractivity contribution in [3.05, 3.63) is 90.5 Å². The highest BCUT2D eigenvalue weighted by Crippen LogP contribution is 2.32. The Hall–Kier alpha value is -2.78. The molecule has 0 spiro atoms. The molecule has 0 amide bonds. The van der Waals surface area contributed by atoms with Crippen molar-refractivity contribution in [3.8, 4) is 0 Å². The number of rotatable bonds is 2. The number of fused-ring (bicyclic) bond motifs is 1. The SMILES string of the molecule is ClC1N=C(N(c2ccccc2)c2ccccc2)c2ccccc2N1. The molecule has 1 aliphatic rings. The van der Waals surface area contributed by atoms with E-state index in [1.807, 2.05) is 54.6 Å². The van der Waals surface area contributed by atoms with E-state index in [0.29, 0.717) is 0 Å². The maximum Gasteiger partial charge on any atom is 0.197 e. The predicted octanol–water partition coefficient (Wildman–Crippen LogP) is 5.22. The summed E-state index contributed by atoms with van der Waals surface area (Å²) in [4.78, 5) is 6.81. The number of anilines is 3. The van der Waals surface area contributed by atoms with Gasteiger partial charge in [-0.05, 0) is 36.4 Å². The monoisotopic (exact) mass is 333 g/mol. The first kappa shape index (κ1) is 14.8. The molecule has 3 aromatic carbocycles. The number of aliphatic imine (C=N–C) groups is 1. The zero-order valence-electron chi connectivity index (χ0n) is 12.9. The molecule has 118 valence electrons. The molecule has 24 heavy (non-hydrogen) atoms. The van der Waals surface area contributed by atoms with E-state index in [9.17, 15) is 0 Å². The molecule has 0 aliphatic carbocycles. The Morgan fingerprint density at radius 1 is 0.750 bits per heavy atom. The summed E-state index contributed by atoms with van der Waals surface area (Å²) in [5, 5.41) is 3.20. The molecule has 0 aromatic heterocycles. The van der Waals surface area contributed by atoms with Gasteiger partial charge in [0.2, 0.25) is 0 Å². The minimum Gasteiger partial charge on any atom is -0.351 e. The number of halogens is 1. The van der Waals surface area contributed by atoms with E-state index in [1.54, 1.807) is 0 Å². The minimum atomic E-state index is -0.496. The Morgan fingerprint density at radius 3 is 1.92 bits per heavy atom. The summed E-state index contributed by atoms with van der Waals surface area (Å²) in [6.45, 7) is 0. The van der Waals surface area contributed by atoms with Gasteiger partial charge in [0, 0.05) is 22.6 Å². The van der Waals surface area contributed by atoms with Crippen LogP contribution in [-0.4, -0.2) is 11.5 Å². The van der Waals surface area contributed by atoms with Crippen molar-refractivity contribution in [1.29, 1.82) is 0 Å². The number of benzene rings is 3. The summed E-state index contributed by atoms with van der Waals surface area (Å²) in [5.74, 6) is 0.835. The first-order valence-corrected chi connectivity index (χ1v) is 8.24. The number of hydrogen-bond donors (Lipinski definition) is 1. The summed E-state index contributed by atoms with van der Waals surface area (Å²) in [6.07, 6.45) is 0. The molecule has 1 unspecified atom stereocenters. The molecule has 0 bridgehead atoms. The molecule has 4 heteroatoms. The minimum absolute atomic E-state index is 0.496. The summed E-state index contributed by atoms with van der Waals surface area (Å²) >= 11 is 6.33. The maximum absolute atomic E-state index is 6.33. The van der Waals surface area contributed by atoms with E-state index in [-0.39, 0.29) is 0 Å². The second-order valence-corrected chi connectivity index (χ2v) is 5.90. The quantitative estimate of drug-likeness (QED) is 0.514. The van der Waals surface area contributed by atoms with Gasteiger partial charge in [0.1, 0.15) is 5.84 Å². The number of para-hydroxylation sites is 3. The Balaban J connectivity index is 1.91. The molecule has 0 fully saturated rings. The Morgan fingerprint density at radius 2 is 1.29 bits per heavy atom. The van der Waals surface area contributed by atoms with Crippen LogP contribution in [0.4, 0.5) is 17.1 Å². The van der Waals surface area contributed by atoms with Crippen molar-refractivity contribution in [2.75, 3.05) is 10.2 Å². The first-order chi connectivity index (χ1) is 11.8. The largest absolute Gasteiger partial charge is 0.351 e. The van der Waals surface area contributed by atoms with Crippen LogP contribution in [0.3, 0.4) is 0 Å². The van der Waals surface area contributed by atoms with Crippen molar-refractivity contribution < 1.29 is 0 Å². The molecule has 3 nitrogen and oxygen atoms in total. The van der Waals surface area contributed by atoms with E-state index in [4.69, 9.17) is 11.6 Å². The van der Waals surface area contributed by atoms with Crippen LogP contribution >= 0.6 is 11.6 Å². The molecule has 0 radical (unpaired) electrons. The van der Waals surface area contributed by atoms with Crippen molar-refractivity contribution in [1.82, 2.24) is 0 Å². The lowest BCUT2D eigenvalue weighted by Gasteiger charge is -2.31. The van der Waals surface area contributed by atoms with Crippen LogP contribution in [0.25, 0.3) is 0 Å². The van der Waals surface area contributed by atoms with Crippen molar-refractivity contribution >= 4 is 34.5 Å². The van der Waals surface area contributed by atoms with Gasteiger partial charge in [0.25, 0.3) is 0 Å². The highest BCUT2D eigenvalue weighted by Gasteiger charge is 2.25. The number of amidine groups is 1. The standard InChI is InChI=1S/C20H16ClN3/c21-20-22-18-14-8-7-13-17(18)19(23-20)24(15-9-3-1-4-10-15)16-11-5-2-6-12-16/h1-14,20,22H. The third kappa shape index (κ3) is 2.74. The third-order valence-electron chi connectivity index (χ3n) is 3.92. The van der Waals surface area contributed by atoms with Gasteiger partial charge < -0.3 is 5.32 Å². The van der Waals surface area contributed by atoms with Crippen molar-refractivity contribution in [2.24, 2.45) is 4.99 Å². The topological polar surface area (TPSA) is 27.6 Å². The zero-order valence-corrected chi connectivity index (χ0v) is 13.7. The molecular weight excluding hydrogens is 318 g/mol. The number of hydrogen-bond acceptors (Lipinski definition) is 3. The van der Waals surface area contributed by atoms with Gasteiger partial charge in [-0.3, -0.25) is 4.90 Å². The molecule has 4 rings (SSSR count). The second-order valence-electron chi connectivity index (χ2n) is 5.48. The number of alkyl halides is 1. The molecule has 3 aromatic rings. The van der Waals surface area contributed by atoms with Crippen LogP contribution in [0, 0.1) is 0 Å². The molecular formula is C20H16ClN3. The zero-order chi connectivity index (χ0) is 16.4. The fourth-order valence-electron chi connectivity index (χ4n) is 2.87. The van der Waals surface area contributed by atoms with Crippen LogP contribution in [0.2, 0.25) is 0 Å². The fraction of sp³-hybridized carbons (Fsp3) is 0.0500. The lowest BCUT2D eigenvalue weighted by atomic mass is 10.1. The summed E-state index contributed by atoms with van der Waals surface area (Å²) in [6, 6.07) is 28.5. The van der Waals surface area contributed by atoms with Gasteiger partial charge in [-0.15, -0.1) is 0 Å². The molecule has 0 saturated heterocycles. The predicted molar refractivity (Wildman–Crippen MR) is 101 cm³/mol. The van der Waals surface area contributed by atoms with Crippen LogP contribution in [0.1, 0.15) is 5.56 Å². The Bertz CT molecular complexity index is 823. The number of nitrogens with one attached hydrogen (secondary N) is 1. The molecule has 1 atom stereocenters. The van der Waals surface area contributed by atoms with Crippen LogP contribution in [0.15, 0.2) is 89.9 Å². The van der Waals surface area contributed by atoms with Crippen LogP contribution < -0.4 is 10.2 Å². The molecule has 0 saturated carbocycles. The summed E-state index contributed by atoms with van der Waals surface area (Å²) in [7, 11) is 0. The molecule has 1 heterocycles. The number of nitrogens with zero attached hydrogens (tertiary/aromatic N) is 2. The molecule has 1 N–H and O–H groups in total. The Kier molecular flexibility index (Phi) is 3.93. The maximum atomic E-state index is 6.33. The lowest BCUT2D eigenvalue weighted by Crippen LogP contribution is -2.33. The van der Waals surface area contributed by atoms with Gasteiger partial charge in [-0.2, -0.15) is 0 Å².